The van der Waals surface area contributed by atoms with Gasteiger partial charge >= 0.3 is 0 Å². The standard InChI is InChI=1S/C19H19N5O3S2/c1-12(25)21-14-6-4-13(5-7-14)15(26)11-29-19-23-22-18(16-3-2-10-28-16)24(19)9-8-17(20)27/h2-7,10H,8-9,11H2,1H3,(H2,20,27)(H,21,25). The number of rotatable bonds is 9. The van der Waals surface area contributed by atoms with Crippen molar-refractivity contribution in [3.05, 3.63) is 47.3 Å². The van der Waals surface area contributed by atoms with Crippen molar-refractivity contribution in [3.63, 3.8) is 0 Å². The number of thioether (sulfide) groups is 1. The third-order valence-corrected chi connectivity index (χ3v) is 5.73. The lowest BCUT2D eigenvalue weighted by molar-refractivity contribution is -0.118. The van der Waals surface area contributed by atoms with Gasteiger partial charge in [0.25, 0.3) is 0 Å². The molecule has 0 aliphatic rings. The summed E-state index contributed by atoms with van der Waals surface area (Å²) in [5.41, 5.74) is 6.46. The smallest absolute Gasteiger partial charge is 0.221 e. The molecule has 0 unspecified atom stereocenters. The first-order valence-electron chi connectivity index (χ1n) is 8.73. The van der Waals surface area contributed by atoms with Crippen LogP contribution in [0.25, 0.3) is 10.7 Å². The van der Waals surface area contributed by atoms with Crippen molar-refractivity contribution in [2.24, 2.45) is 5.73 Å². The third kappa shape index (κ3) is 5.52. The molecule has 150 valence electrons. The van der Waals surface area contributed by atoms with E-state index in [0.29, 0.717) is 28.8 Å². The van der Waals surface area contributed by atoms with E-state index in [1.54, 1.807) is 24.3 Å². The Morgan fingerprint density at radius 2 is 1.93 bits per heavy atom. The van der Waals surface area contributed by atoms with Gasteiger partial charge in [-0.3, -0.25) is 14.4 Å². The van der Waals surface area contributed by atoms with Gasteiger partial charge in [-0.1, -0.05) is 17.8 Å². The number of benzene rings is 1. The van der Waals surface area contributed by atoms with E-state index >= 15 is 0 Å². The number of anilines is 1. The van der Waals surface area contributed by atoms with E-state index in [1.807, 2.05) is 22.1 Å². The second kappa shape index (κ2) is 9.48. The quantitative estimate of drug-likeness (QED) is 0.399. The van der Waals surface area contributed by atoms with E-state index in [0.717, 1.165) is 4.88 Å². The Hall–Kier alpha value is -2.98. The molecule has 0 aliphatic carbocycles. The van der Waals surface area contributed by atoms with E-state index in [1.165, 1.54) is 30.0 Å². The monoisotopic (exact) mass is 429 g/mol. The Labute approximate surface area is 175 Å². The number of hydrogen-bond donors (Lipinski definition) is 2. The molecule has 10 heteroatoms. The van der Waals surface area contributed by atoms with Crippen molar-refractivity contribution < 1.29 is 14.4 Å². The zero-order valence-electron chi connectivity index (χ0n) is 15.6. The molecule has 2 heterocycles. The third-order valence-electron chi connectivity index (χ3n) is 3.90. The van der Waals surface area contributed by atoms with Crippen molar-refractivity contribution in [3.8, 4) is 10.7 Å². The predicted octanol–water partition coefficient (Wildman–Crippen LogP) is 2.82. The van der Waals surface area contributed by atoms with Gasteiger partial charge in [-0.15, -0.1) is 21.5 Å². The number of carbonyl (C=O) groups is 3. The summed E-state index contributed by atoms with van der Waals surface area (Å²) in [4.78, 5) is 35.8. The van der Waals surface area contributed by atoms with Crippen LogP contribution in [0.1, 0.15) is 23.7 Å². The van der Waals surface area contributed by atoms with Crippen molar-refractivity contribution in [1.29, 1.82) is 0 Å². The van der Waals surface area contributed by atoms with Crippen LogP contribution in [0.15, 0.2) is 46.9 Å². The molecular formula is C19H19N5O3S2. The molecule has 2 amide bonds. The molecule has 0 spiro atoms. The fourth-order valence-corrected chi connectivity index (χ4v) is 4.14. The highest BCUT2D eigenvalue weighted by atomic mass is 32.2. The number of amides is 2. The summed E-state index contributed by atoms with van der Waals surface area (Å²) in [5, 5.41) is 13.6. The SMILES string of the molecule is CC(=O)Nc1ccc(C(=O)CSc2nnc(-c3cccs3)n2CCC(N)=O)cc1. The summed E-state index contributed by atoms with van der Waals surface area (Å²) < 4.78 is 1.81. The molecule has 0 saturated heterocycles. The number of nitrogens with zero attached hydrogens (tertiary/aromatic N) is 3. The Balaban J connectivity index is 1.71. The summed E-state index contributed by atoms with van der Waals surface area (Å²) >= 11 is 2.78. The predicted molar refractivity (Wildman–Crippen MR) is 113 cm³/mol. The van der Waals surface area contributed by atoms with Gasteiger partial charge in [0.05, 0.1) is 10.6 Å². The maximum absolute atomic E-state index is 12.5. The molecule has 29 heavy (non-hydrogen) atoms. The maximum atomic E-state index is 12.5. The molecule has 2 aromatic heterocycles. The zero-order valence-corrected chi connectivity index (χ0v) is 17.3. The number of hydrogen-bond acceptors (Lipinski definition) is 7. The minimum absolute atomic E-state index is 0.0773. The summed E-state index contributed by atoms with van der Waals surface area (Å²) in [5.74, 6) is 0.152. The van der Waals surface area contributed by atoms with Crippen molar-refractivity contribution in [1.82, 2.24) is 14.8 Å². The minimum atomic E-state index is -0.415. The van der Waals surface area contributed by atoms with E-state index < -0.39 is 5.91 Å². The number of aromatic nitrogens is 3. The zero-order chi connectivity index (χ0) is 20.8. The molecule has 3 rings (SSSR count). The van der Waals surface area contributed by atoms with Crippen LogP contribution < -0.4 is 11.1 Å². The molecule has 0 fully saturated rings. The molecule has 3 N–H and O–H groups in total. The second-order valence-corrected chi connectivity index (χ2v) is 8.01. The van der Waals surface area contributed by atoms with Gasteiger partial charge < -0.3 is 15.6 Å². The highest BCUT2D eigenvalue weighted by Gasteiger charge is 2.17. The average Bonchev–Trinajstić information content (AvgIpc) is 3.34. The Kier molecular flexibility index (Phi) is 6.78. The number of Topliss-reactive ketones (excluding diaryl/α,β-unsaturated/α-hetero) is 1. The van der Waals surface area contributed by atoms with E-state index in [-0.39, 0.29) is 23.9 Å². The molecule has 3 aromatic rings. The number of carbonyl (C=O) groups excluding carboxylic acids is 3. The largest absolute Gasteiger partial charge is 0.370 e. The van der Waals surface area contributed by atoms with Gasteiger partial charge in [-0.25, -0.2) is 0 Å². The maximum Gasteiger partial charge on any atom is 0.221 e. The van der Waals surface area contributed by atoms with Crippen molar-refractivity contribution >= 4 is 46.4 Å². The summed E-state index contributed by atoms with van der Waals surface area (Å²) in [7, 11) is 0. The molecule has 0 aliphatic heterocycles. The highest BCUT2D eigenvalue weighted by Crippen LogP contribution is 2.28. The van der Waals surface area contributed by atoms with E-state index in [4.69, 9.17) is 5.73 Å². The van der Waals surface area contributed by atoms with Crippen LogP contribution in [0, 0.1) is 0 Å². The Morgan fingerprint density at radius 3 is 2.55 bits per heavy atom. The number of thiophene rings is 1. The minimum Gasteiger partial charge on any atom is -0.370 e. The molecule has 0 bridgehead atoms. The number of nitrogens with one attached hydrogen (secondary N) is 1. The molecule has 0 radical (unpaired) electrons. The van der Waals surface area contributed by atoms with Gasteiger partial charge in [-0.05, 0) is 35.7 Å². The molecule has 8 nitrogen and oxygen atoms in total. The topological polar surface area (TPSA) is 120 Å². The van der Waals surface area contributed by atoms with Crippen molar-refractivity contribution in [2.75, 3.05) is 11.1 Å². The van der Waals surface area contributed by atoms with Crippen LogP contribution in [0.5, 0.6) is 0 Å². The van der Waals surface area contributed by atoms with Crippen LogP contribution in [-0.2, 0) is 16.1 Å². The Bertz CT molecular complexity index is 1010. The van der Waals surface area contributed by atoms with Gasteiger partial charge in [0.15, 0.2) is 16.8 Å². The van der Waals surface area contributed by atoms with E-state index in [9.17, 15) is 14.4 Å². The van der Waals surface area contributed by atoms with Gasteiger partial charge in [0.2, 0.25) is 11.8 Å². The van der Waals surface area contributed by atoms with Crippen LogP contribution in [-0.4, -0.2) is 38.1 Å². The lowest BCUT2D eigenvalue weighted by atomic mass is 10.1. The van der Waals surface area contributed by atoms with Gasteiger partial charge in [-0.2, -0.15) is 0 Å². The summed E-state index contributed by atoms with van der Waals surface area (Å²) in [6, 6.07) is 10.5. The first-order valence-corrected chi connectivity index (χ1v) is 10.6. The highest BCUT2D eigenvalue weighted by molar-refractivity contribution is 7.99. The number of nitrogens with two attached hydrogens (primary N) is 1. The van der Waals surface area contributed by atoms with Crippen molar-refractivity contribution in [2.45, 2.75) is 25.0 Å². The summed E-state index contributed by atoms with van der Waals surface area (Å²) in [6.07, 6.45) is 0.155. The number of ketones is 1. The first kappa shape index (κ1) is 20.7. The van der Waals surface area contributed by atoms with Gasteiger partial charge in [0.1, 0.15) is 0 Å². The molecule has 0 atom stereocenters. The summed E-state index contributed by atoms with van der Waals surface area (Å²) in [6.45, 7) is 1.77. The molecule has 1 aromatic carbocycles. The van der Waals surface area contributed by atoms with Crippen LogP contribution in [0.3, 0.4) is 0 Å². The fourth-order valence-electron chi connectivity index (χ4n) is 2.56. The molecule has 0 saturated carbocycles. The fraction of sp³-hybridized carbons (Fsp3) is 0.211. The lowest BCUT2D eigenvalue weighted by Gasteiger charge is -2.08. The first-order chi connectivity index (χ1) is 13.9. The van der Waals surface area contributed by atoms with Gasteiger partial charge in [0, 0.05) is 31.1 Å². The number of primary amides is 1. The van der Waals surface area contributed by atoms with E-state index in [2.05, 4.69) is 15.5 Å². The van der Waals surface area contributed by atoms with Crippen LogP contribution in [0.4, 0.5) is 5.69 Å². The second-order valence-electron chi connectivity index (χ2n) is 6.12. The molecular weight excluding hydrogens is 410 g/mol. The average molecular weight is 430 g/mol. The Morgan fingerprint density at radius 1 is 1.17 bits per heavy atom. The lowest BCUT2D eigenvalue weighted by Crippen LogP contribution is -2.15. The normalized spacial score (nSPS) is 10.7. The van der Waals surface area contributed by atoms with Crippen LogP contribution in [0.2, 0.25) is 0 Å². The van der Waals surface area contributed by atoms with Crippen LogP contribution >= 0.6 is 23.1 Å².